The van der Waals surface area contributed by atoms with Gasteiger partial charge in [-0.25, -0.2) is 0 Å². The Labute approximate surface area is 125 Å². The lowest BCUT2D eigenvalue weighted by molar-refractivity contribution is 0.199. The second-order valence-electron chi connectivity index (χ2n) is 4.78. The van der Waals surface area contributed by atoms with Crippen molar-refractivity contribution in [3.8, 4) is 11.5 Å². The highest BCUT2D eigenvalue weighted by atomic mass is 16.5. The molecule has 2 aromatic carbocycles. The molecular formula is C17H21NO3. The van der Waals surface area contributed by atoms with Gasteiger partial charge in [-0.2, -0.15) is 0 Å². The van der Waals surface area contributed by atoms with Gasteiger partial charge >= 0.3 is 0 Å². The van der Waals surface area contributed by atoms with Crippen LogP contribution in [0.1, 0.15) is 11.1 Å². The van der Waals surface area contributed by atoms with E-state index < -0.39 is 0 Å². The van der Waals surface area contributed by atoms with E-state index in [1.165, 1.54) is 5.56 Å². The molecule has 0 aromatic heterocycles. The normalized spacial score (nSPS) is 10.5. The Morgan fingerprint density at radius 3 is 2.67 bits per heavy atom. The summed E-state index contributed by atoms with van der Waals surface area (Å²) >= 11 is 0. The Bertz CT molecular complexity index is 557. The van der Waals surface area contributed by atoms with E-state index in [-0.39, 0.29) is 5.75 Å². The molecule has 0 unspecified atom stereocenters. The van der Waals surface area contributed by atoms with Crippen LogP contribution in [0, 0.1) is 0 Å². The van der Waals surface area contributed by atoms with E-state index in [2.05, 4.69) is 11.4 Å². The topological polar surface area (TPSA) is 50.7 Å². The van der Waals surface area contributed by atoms with Crippen molar-refractivity contribution in [2.24, 2.45) is 0 Å². The summed E-state index contributed by atoms with van der Waals surface area (Å²) in [6.45, 7) is 2.75. The van der Waals surface area contributed by atoms with Crippen LogP contribution in [0.3, 0.4) is 0 Å². The lowest BCUT2D eigenvalue weighted by Crippen LogP contribution is -2.18. The number of nitrogens with one attached hydrogen (secondary N) is 1. The number of rotatable bonds is 8. The highest BCUT2D eigenvalue weighted by molar-refractivity contribution is 5.30. The zero-order valence-electron chi connectivity index (χ0n) is 12.2. The molecule has 2 rings (SSSR count). The number of benzene rings is 2. The van der Waals surface area contributed by atoms with Gasteiger partial charge in [0.1, 0.15) is 18.1 Å². The highest BCUT2D eigenvalue weighted by Gasteiger charge is 1.99. The molecule has 0 aliphatic heterocycles. The van der Waals surface area contributed by atoms with Crippen LogP contribution in [0.5, 0.6) is 11.5 Å². The first-order valence-electron chi connectivity index (χ1n) is 6.97. The number of hydrogen-bond acceptors (Lipinski definition) is 4. The van der Waals surface area contributed by atoms with Crippen molar-refractivity contribution in [3.63, 3.8) is 0 Å². The van der Waals surface area contributed by atoms with Crippen molar-refractivity contribution in [1.82, 2.24) is 5.32 Å². The Morgan fingerprint density at radius 1 is 1.05 bits per heavy atom. The molecule has 0 amide bonds. The van der Waals surface area contributed by atoms with Crippen LogP contribution in [0.15, 0.2) is 48.5 Å². The summed E-state index contributed by atoms with van der Waals surface area (Å²) in [6.07, 6.45) is 0. The monoisotopic (exact) mass is 287 g/mol. The molecule has 4 nitrogen and oxygen atoms in total. The molecule has 0 saturated carbocycles. The minimum absolute atomic E-state index is 0.257. The van der Waals surface area contributed by atoms with Gasteiger partial charge in [0.25, 0.3) is 0 Å². The first-order valence-corrected chi connectivity index (χ1v) is 6.97. The van der Waals surface area contributed by atoms with Crippen molar-refractivity contribution in [3.05, 3.63) is 59.7 Å². The van der Waals surface area contributed by atoms with Crippen molar-refractivity contribution >= 4 is 0 Å². The van der Waals surface area contributed by atoms with Gasteiger partial charge in [-0.05, 0) is 35.4 Å². The fraction of sp³-hybridized carbons (Fsp3) is 0.294. The van der Waals surface area contributed by atoms with Gasteiger partial charge in [0.15, 0.2) is 0 Å². The fourth-order valence-corrected chi connectivity index (χ4v) is 1.97. The van der Waals surface area contributed by atoms with E-state index in [4.69, 9.17) is 9.47 Å². The summed E-state index contributed by atoms with van der Waals surface area (Å²) in [6, 6.07) is 15.1. The molecule has 0 aliphatic carbocycles. The predicted molar refractivity (Wildman–Crippen MR) is 82.5 cm³/mol. The van der Waals surface area contributed by atoms with Gasteiger partial charge in [-0.1, -0.05) is 24.3 Å². The minimum atomic E-state index is 0.257. The SMILES string of the molecule is COCCNCc1cccc(OCc2cccc(O)c2)c1. The molecule has 0 atom stereocenters. The highest BCUT2D eigenvalue weighted by Crippen LogP contribution is 2.17. The van der Waals surface area contributed by atoms with Crippen molar-refractivity contribution in [2.75, 3.05) is 20.3 Å². The van der Waals surface area contributed by atoms with Gasteiger partial charge in [0, 0.05) is 20.2 Å². The minimum Gasteiger partial charge on any atom is -0.508 e. The van der Waals surface area contributed by atoms with Crippen LogP contribution in [0.2, 0.25) is 0 Å². The molecular weight excluding hydrogens is 266 g/mol. The van der Waals surface area contributed by atoms with Gasteiger partial charge in [-0.15, -0.1) is 0 Å². The van der Waals surface area contributed by atoms with Crippen LogP contribution in [0.25, 0.3) is 0 Å². The molecule has 4 heteroatoms. The molecule has 0 bridgehead atoms. The quantitative estimate of drug-likeness (QED) is 0.733. The average Bonchev–Trinajstić information content (AvgIpc) is 2.50. The molecule has 2 aromatic rings. The first-order chi connectivity index (χ1) is 10.3. The Kier molecular flexibility index (Phi) is 6.06. The van der Waals surface area contributed by atoms with Gasteiger partial charge in [0.05, 0.1) is 6.61 Å². The molecule has 0 radical (unpaired) electrons. The number of methoxy groups -OCH3 is 1. The maximum atomic E-state index is 9.42. The zero-order chi connectivity index (χ0) is 14.9. The molecule has 2 N–H and O–H groups in total. The van der Waals surface area contributed by atoms with Crippen LogP contribution in [-0.4, -0.2) is 25.4 Å². The van der Waals surface area contributed by atoms with Gasteiger partial charge in [0.2, 0.25) is 0 Å². The lowest BCUT2D eigenvalue weighted by atomic mass is 10.2. The van der Waals surface area contributed by atoms with Gasteiger partial charge in [-0.3, -0.25) is 0 Å². The van der Waals surface area contributed by atoms with E-state index in [1.807, 2.05) is 30.3 Å². The lowest BCUT2D eigenvalue weighted by Gasteiger charge is -2.09. The summed E-state index contributed by atoms with van der Waals surface area (Å²) in [7, 11) is 1.69. The summed E-state index contributed by atoms with van der Waals surface area (Å²) in [5.74, 6) is 1.08. The number of ether oxygens (including phenoxy) is 2. The zero-order valence-corrected chi connectivity index (χ0v) is 12.2. The van der Waals surface area contributed by atoms with Crippen LogP contribution in [-0.2, 0) is 17.9 Å². The van der Waals surface area contributed by atoms with E-state index in [9.17, 15) is 5.11 Å². The smallest absolute Gasteiger partial charge is 0.120 e. The van der Waals surface area contributed by atoms with Crippen LogP contribution < -0.4 is 10.1 Å². The van der Waals surface area contributed by atoms with Crippen LogP contribution >= 0.6 is 0 Å². The van der Waals surface area contributed by atoms with Gasteiger partial charge < -0.3 is 19.9 Å². The number of phenols is 1. The largest absolute Gasteiger partial charge is 0.508 e. The summed E-state index contributed by atoms with van der Waals surface area (Å²) in [5, 5.41) is 12.7. The van der Waals surface area contributed by atoms with Crippen molar-refractivity contribution in [1.29, 1.82) is 0 Å². The summed E-state index contributed by atoms with van der Waals surface area (Å²) in [4.78, 5) is 0. The maximum Gasteiger partial charge on any atom is 0.120 e. The molecule has 0 fully saturated rings. The molecule has 0 heterocycles. The second kappa shape index (κ2) is 8.29. The number of hydrogen-bond donors (Lipinski definition) is 2. The molecule has 0 saturated heterocycles. The van der Waals surface area contributed by atoms with E-state index in [1.54, 1.807) is 19.2 Å². The fourth-order valence-electron chi connectivity index (χ4n) is 1.97. The van der Waals surface area contributed by atoms with E-state index in [0.717, 1.165) is 24.4 Å². The third-order valence-corrected chi connectivity index (χ3v) is 3.03. The number of aromatic hydroxyl groups is 1. The van der Waals surface area contributed by atoms with Crippen molar-refractivity contribution < 1.29 is 14.6 Å². The molecule has 0 spiro atoms. The van der Waals surface area contributed by atoms with E-state index in [0.29, 0.717) is 13.2 Å². The molecule has 21 heavy (non-hydrogen) atoms. The third kappa shape index (κ3) is 5.45. The second-order valence-corrected chi connectivity index (χ2v) is 4.78. The Hall–Kier alpha value is -2.04. The van der Waals surface area contributed by atoms with Crippen molar-refractivity contribution in [2.45, 2.75) is 13.2 Å². The third-order valence-electron chi connectivity index (χ3n) is 3.03. The maximum absolute atomic E-state index is 9.42. The summed E-state index contributed by atoms with van der Waals surface area (Å²) < 4.78 is 10.7. The molecule has 112 valence electrons. The van der Waals surface area contributed by atoms with Crippen LogP contribution in [0.4, 0.5) is 0 Å². The average molecular weight is 287 g/mol. The number of phenolic OH excluding ortho intramolecular Hbond substituents is 1. The summed E-state index contributed by atoms with van der Waals surface area (Å²) in [5.41, 5.74) is 2.11. The standard InChI is InChI=1S/C17H21NO3/c1-20-9-8-18-12-14-4-3-7-17(11-14)21-13-15-5-2-6-16(19)10-15/h2-7,10-11,18-19H,8-9,12-13H2,1H3. The van der Waals surface area contributed by atoms with E-state index >= 15 is 0 Å². The first kappa shape index (κ1) is 15.4. The predicted octanol–water partition coefficient (Wildman–Crippen LogP) is 2.71. The Balaban J connectivity index is 1.86. The Morgan fingerprint density at radius 2 is 1.86 bits per heavy atom. The molecule has 0 aliphatic rings.